The summed E-state index contributed by atoms with van der Waals surface area (Å²) in [5.41, 5.74) is 1.16. The molecule has 0 N–H and O–H groups in total. The summed E-state index contributed by atoms with van der Waals surface area (Å²) in [5, 5.41) is 0. The highest BCUT2D eigenvalue weighted by atomic mass is 16.7. The topological polar surface area (TPSA) is 61.8 Å². The molecule has 0 amide bonds. The molecule has 5 atom stereocenters. The van der Waals surface area contributed by atoms with Gasteiger partial charge < -0.3 is 14.2 Å². The van der Waals surface area contributed by atoms with Crippen molar-refractivity contribution in [2.45, 2.75) is 52.7 Å². The lowest BCUT2D eigenvalue weighted by molar-refractivity contribution is -0.155. The van der Waals surface area contributed by atoms with Crippen LogP contribution in [0.2, 0.25) is 0 Å². The predicted octanol–water partition coefficient (Wildman–Crippen LogP) is 3.95. The third kappa shape index (κ3) is 3.27. The van der Waals surface area contributed by atoms with Crippen LogP contribution in [0, 0.1) is 22.7 Å². The van der Waals surface area contributed by atoms with Crippen molar-refractivity contribution in [2.75, 3.05) is 14.2 Å². The first kappa shape index (κ1) is 19.9. The first-order chi connectivity index (χ1) is 12.8. The lowest BCUT2D eigenvalue weighted by atomic mass is 9.48. The van der Waals surface area contributed by atoms with Gasteiger partial charge in [-0.1, -0.05) is 39.0 Å². The average molecular weight is 374 g/mol. The van der Waals surface area contributed by atoms with Gasteiger partial charge in [-0.25, -0.2) is 9.59 Å². The van der Waals surface area contributed by atoms with Crippen LogP contribution in [0.4, 0.5) is 0 Å². The Hall–Kier alpha value is -1.88. The number of hydrogen-bond acceptors (Lipinski definition) is 5. The Kier molecular flexibility index (Phi) is 5.35. The van der Waals surface area contributed by atoms with Gasteiger partial charge in [-0.3, -0.25) is 0 Å². The van der Waals surface area contributed by atoms with E-state index in [1.165, 1.54) is 14.2 Å². The minimum absolute atomic E-state index is 0.0384. The smallest absolute Gasteiger partial charge is 0.336 e. The Morgan fingerprint density at radius 3 is 2.70 bits per heavy atom. The predicted molar refractivity (Wildman–Crippen MR) is 102 cm³/mol. The van der Waals surface area contributed by atoms with Gasteiger partial charge >= 0.3 is 11.9 Å². The highest BCUT2D eigenvalue weighted by Crippen LogP contribution is 2.60. The van der Waals surface area contributed by atoms with Crippen LogP contribution in [-0.2, 0) is 23.8 Å². The van der Waals surface area contributed by atoms with Crippen molar-refractivity contribution in [2.24, 2.45) is 22.7 Å². The zero-order valence-electron chi connectivity index (χ0n) is 16.9. The second-order valence-corrected chi connectivity index (χ2v) is 8.50. The van der Waals surface area contributed by atoms with Crippen LogP contribution in [-0.4, -0.2) is 32.4 Å². The second kappa shape index (κ2) is 7.27. The fourth-order valence-corrected chi connectivity index (χ4v) is 5.19. The number of fused-ring (bicyclic) bond motifs is 1. The lowest BCUT2D eigenvalue weighted by Crippen LogP contribution is -2.50. The molecule has 2 aliphatic carbocycles. The number of ether oxygens (including phenoxy) is 3. The maximum Gasteiger partial charge on any atom is 0.336 e. The molecule has 1 saturated carbocycles. The number of carbonyl (C=O) groups is 2. The van der Waals surface area contributed by atoms with E-state index >= 15 is 0 Å². The van der Waals surface area contributed by atoms with Crippen molar-refractivity contribution >= 4 is 11.9 Å². The molecule has 0 aromatic heterocycles. The van der Waals surface area contributed by atoms with Crippen LogP contribution in [0.25, 0.3) is 0 Å². The average Bonchev–Trinajstić information content (AvgIpc) is 3.02. The zero-order chi connectivity index (χ0) is 19.8. The number of rotatable bonds is 5. The maximum atomic E-state index is 12.4. The number of allylic oxidation sites excluding steroid dienone is 3. The number of methoxy groups -OCH3 is 2. The first-order valence-corrected chi connectivity index (χ1v) is 9.68. The minimum Gasteiger partial charge on any atom is -0.466 e. The Morgan fingerprint density at radius 2 is 2.07 bits per heavy atom. The van der Waals surface area contributed by atoms with E-state index in [4.69, 9.17) is 14.2 Å². The van der Waals surface area contributed by atoms with Crippen LogP contribution < -0.4 is 0 Å². The molecule has 0 aromatic rings. The Bertz CT molecular complexity index is 718. The number of carbonyl (C=O) groups excluding carboxylic acids is 2. The fourth-order valence-electron chi connectivity index (χ4n) is 5.19. The van der Waals surface area contributed by atoms with Crippen LogP contribution in [0.1, 0.15) is 46.5 Å². The molecule has 3 aliphatic rings. The van der Waals surface area contributed by atoms with E-state index in [1.807, 2.05) is 12.2 Å². The van der Waals surface area contributed by atoms with Crippen molar-refractivity contribution in [1.82, 2.24) is 0 Å². The molecule has 0 spiro atoms. The molecular weight excluding hydrogens is 344 g/mol. The van der Waals surface area contributed by atoms with Crippen molar-refractivity contribution < 1.29 is 23.8 Å². The van der Waals surface area contributed by atoms with Gasteiger partial charge in [-0.05, 0) is 49.0 Å². The Labute approximate surface area is 161 Å². The highest BCUT2D eigenvalue weighted by Gasteiger charge is 2.54. The third-order valence-corrected chi connectivity index (χ3v) is 7.19. The number of cyclic esters (lactones) is 1. The summed E-state index contributed by atoms with van der Waals surface area (Å²) in [7, 11) is 2.97. The standard InChI is InChI=1S/C22H30O5/c1-14-9-11-22(3)16(20(24)26-5)7-6-8-17(22)21(14,2)12-10-15-13-18(25-4)27-19(15)23/h6-8,13-14,17-18H,9-12H2,1-5H3. The van der Waals surface area contributed by atoms with Gasteiger partial charge in [-0.15, -0.1) is 0 Å². The van der Waals surface area contributed by atoms with Crippen molar-refractivity contribution in [3.63, 3.8) is 0 Å². The van der Waals surface area contributed by atoms with Gasteiger partial charge in [0.15, 0.2) is 0 Å². The molecule has 27 heavy (non-hydrogen) atoms. The van der Waals surface area contributed by atoms with Crippen LogP contribution >= 0.6 is 0 Å². The first-order valence-electron chi connectivity index (χ1n) is 9.68. The molecule has 3 rings (SSSR count). The van der Waals surface area contributed by atoms with E-state index < -0.39 is 6.29 Å². The van der Waals surface area contributed by atoms with Crippen molar-refractivity contribution in [3.05, 3.63) is 35.5 Å². The van der Waals surface area contributed by atoms with Gasteiger partial charge in [0, 0.05) is 23.7 Å². The molecule has 5 heteroatoms. The van der Waals surface area contributed by atoms with E-state index in [-0.39, 0.29) is 28.7 Å². The van der Waals surface area contributed by atoms with E-state index in [0.29, 0.717) is 17.9 Å². The molecule has 1 aliphatic heterocycles. The van der Waals surface area contributed by atoms with Crippen molar-refractivity contribution in [1.29, 1.82) is 0 Å². The molecule has 0 radical (unpaired) electrons. The monoisotopic (exact) mass is 374 g/mol. The fraction of sp³-hybridized carbons (Fsp3) is 0.636. The van der Waals surface area contributed by atoms with E-state index in [9.17, 15) is 9.59 Å². The molecule has 5 nitrogen and oxygen atoms in total. The molecule has 148 valence electrons. The summed E-state index contributed by atoms with van der Waals surface area (Å²) in [6.45, 7) is 6.75. The Balaban J connectivity index is 1.85. The van der Waals surface area contributed by atoms with Gasteiger partial charge in [0.1, 0.15) is 0 Å². The SMILES string of the molecule is COC(=O)C1=CC=CC2C1(C)CCC(C)C2(C)CCC1=CC(OC)OC1=O. The number of esters is 2. The summed E-state index contributed by atoms with van der Waals surface area (Å²) in [6, 6.07) is 0. The highest BCUT2D eigenvalue weighted by molar-refractivity contribution is 5.91. The van der Waals surface area contributed by atoms with E-state index in [2.05, 4.69) is 26.8 Å². The minimum atomic E-state index is -0.571. The summed E-state index contributed by atoms with van der Waals surface area (Å²) in [6.07, 6.45) is 10.8. The maximum absolute atomic E-state index is 12.4. The summed E-state index contributed by atoms with van der Waals surface area (Å²) in [4.78, 5) is 24.5. The van der Waals surface area contributed by atoms with Crippen molar-refractivity contribution in [3.8, 4) is 0 Å². The summed E-state index contributed by atoms with van der Waals surface area (Å²) < 4.78 is 15.3. The van der Waals surface area contributed by atoms with Crippen LogP contribution in [0.3, 0.4) is 0 Å². The molecule has 0 aromatic carbocycles. The third-order valence-electron chi connectivity index (χ3n) is 7.19. The molecule has 1 fully saturated rings. The molecule has 5 unspecified atom stereocenters. The van der Waals surface area contributed by atoms with E-state index in [0.717, 1.165) is 24.8 Å². The van der Waals surface area contributed by atoms with Gasteiger partial charge in [0.25, 0.3) is 0 Å². The van der Waals surface area contributed by atoms with Crippen LogP contribution in [0.15, 0.2) is 35.5 Å². The van der Waals surface area contributed by atoms with Crippen LogP contribution in [0.5, 0.6) is 0 Å². The lowest BCUT2D eigenvalue weighted by Gasteiger charge is -2.56. The van der Waals surface area contributed by atoms with Gasteiger partial charge in [0.2, 0.25) is 6.29 Å². The van der Waals surface area contributed by atoms with Gasteiger partial charge in [0.05, 0.1) is 7.11 Å². The van der Waals surface area contributed by atoms with Gasteiger partial charge in [-0.2, -0.15) is 0 Å². The molecule has 0 bridgehead atoms. The summed E-state index contributed by atoms with van der Waals surface area (Å²) >= 11 is 0. The largest absolute Gasteiger partial charge is 0.466 e. The quantitative estimate of drug-likeness (QED) is 0.682. The molecule has 0 saturated heterocycles. The molecular formula is C22H30O5. The second-order valence-electron chi connectivity index (χ2n) is 8.50. The normalized spacial score (nSPS) is 38.0. The van der Waals surface area contributed by atoms with E-state index in [1.54, 1.807) is 6.08 Å². The Morgan fingerprint density at radius 1 is 1.33 bits per heavy atom. The zero-order valence-corrected chi connectivity index (χ0v) is 16.9. The summed E-state index contributed by atoms with van der Waals surface area (Å²) in [5.74, 6) is 0.164. The number of hydrogen-bond donors (Lipinski definition) is 0. The molecule has 1 heterocycles.